The van der Waals surface area contributed by atoms with E-state index in [-0.39, 0.29) is 0 Å². The lowest BCUT2D eigenvalue weighted by Crippen LogP contribution is -2.68. The molecule has 0 amide bonds. The molecular weight excluding hydrogens is 278 g/mol. The van der Waals surface area contributed by atoms with Crippen LogP contribution in [-0.2, 0) is 9.47 Å². The summed E-state index contributed by atoms with van der Waals surface area (Å²) in [5.41, 5.74) is 1.50. The van der Waals surface area contributed by atoms with Crippen LogP contribution in [0.3, 0.4) is 0 Å². The first-order valence-corrected chi connectivity index (χ1v) is 8.44. The SMILES string of the molecule is COCCOc1ccccc1N[C@@H]1[C@H]2CCO[C@H]2C12CCC2. The molecule has 3 fully saturated rings. The maximum Gasteiger partial charge on any atom is 0.142 e. The van der Waals surface area contributed by atoms with Crippen molar-refractivity contribution < 1.29 is 14.2 Å². The molecule has 0 bridgehead atoms. The summed E-state index contributed by atoms with van der Waals surface area (Å²) in [6.07, 6.45) is 5.64. The van der Waals surface area contributed by atoms with Crippen molar-refractivity contribution in [1.29, 1.82) is 0 Å². The highest BCUT2D eigenvalue weighted by molar-refractivity contribution is 5.58. The van der Waals surface area contributed by atoms with Crippen LogP contribution >= 0.6 is 0 Å². The number of benzene rings is 1. The number of ether oxygens (including phenoxy) is 3. The summed E-state index contributed by atoms with van der Waals surface area (Å²) < 4.78 is 16.9. The van der Waals surface area contributed by atoms with Crippen LogP contribution in [0.5, 0.6) is 5.75 Å². The molecule has 1 aliphatic heterocycles. The van der Waals surface area contributed by atoms with Crippen molar-refractivity contribution in [3.63, 3.8) is 0 Å². The molecular formula is C18H25NO3. The van der Waals surface area contributed by atoms with Gasteiger partial charge in [-0.2, -0.15) is 0 Å². The minimum atomic E-state index is 0.390. The van der Waals surface area contributed by atoms with Crippen LogP contribution < -0.4 is 10.1 Å². The van der Waals surface area contributed by atoms with Gasteiger partial charge in [-0.25, -0.2) is 0 Å². The van der Waals surface area contributed by atoms with Crippen molar-refractivity contribution in [2.75, 3.05) is 32.2 Å². The van der Waals surface area contributed by atoms with Gasteiger partial charge in [0.05, 0.1) is 18.4 Å². The van der Waals surface area contributed by atoms with Gasteiger partial charge in [0.1, 0.15) is 12.4 Å². The maximum atomic E-state index is 6.00. The zero-order chi connectivity index (χ0) is 15.0. The second-order valence-corrected chi connectivity index (χ2v) is 6.79. The molecule has 4 rings (SSSR count). The highest BCUT2D eigenvalue weighted by Crippen LogP contribution is 2.63. The van der Waals surface area contributed by atoms with Crippen molar-refractivity contribution in [3.05, 3.63) is 24.3 Å². The fourth-order valence-corrected chi connectivity index (χ4v) is 4.57. The van der Waals surface area contributed by atoms with Gasteiger partial charge in [-0.05, 0) is 31.4 Å². The van der Waals surface area contributed by atoms with Gasteiger partial charge in [0, 0.05) is 31.1 Å². The topological polar surface area (TPSA) is 39.7 Å². The van der Waals surface area contributed by atoms with E-state index in [4.69, 9.17) is 14.2 Å². The molecule has 3 atom stereocenters. The number of fused-ring (bicyclic) bond motifs is 2. The van der Waals surface area contributed by atoms with Gasteiger partial charge >= 0.3 is 0 Å². The second kappa shape index (κ2) is 5.74. The largest absolute Gasteiger partial charge is 0.489 e. The lowest BCUT2D eigenvalue weighted by atomic mass is 9.46. The number of para-hydroxylation sites is 2. The molecule has 1 spiro atoms. The molecule has 1 aromatic carbocycles. The molecule has 22 heavy (non-hydrogen) atoms. The summed E-state index contributed by atoms with van der Waals surface area (Å²) in [4.78, 5) is 0. The minimum Gasteiger partial charge on any atom is -0.489 e. The zero-order valence-corrected chi connectivity index (χ0v) is 13.2. The molecule has 1 heterocycles. The van der Waals surface area contributed by atoms with Crippen LogP contribution in [0.2, 0.25) is 0 Å². The molecule has 1 aromatic rings. The Bertz CT molecular complexity index is 529. The summed E-state index contributed by atoms with van der Waals surface area (Å²) in [5.74, 6) is 1.60. The van der Waals surface area contributed by atoms with E-state index < -0.39 is 0 Å². The van der Waals surface area contributed by atoms with Gasteiger partial charge in [0.25, 0.3) is 0 Å². The first kappa shape index (κ1) is 14.3. The molecule has 4 heteroatoms. The van der Waals surface area contributed by atoms with Gasteiger partial charge in [-0.15, -0.1) is 0 Å². The molecule has 2 aliphatic carbocycles. The van der Waals surface area contributed by atoms with Crippen molar-refractivity contribution in [2.45, 2.75) is 37.8 Å². The van der Waals surface area contributed by atoms with Crippen LogP contribution in [0, 0.1) is 11.3 Å². The molecule has 0 unspecified atom stereocenters. The van der Waals surface area contributed by atoms with Gasteiger partial charge in [0.2, 0.25) is 0 Å². The van der Waals surface area contributed by atoms with Crippen molar-refractivity contribution in [1.82, 2.24) is 0 Å². The van der Waals surface area contributed by atoms with E-state index in [0.717, 1.165) is 18.0 Å². The molecule has 1 saturated heterocycles. The standard InChI is InChI=1S/C18H25NO3/c1-20-11-12-21-15-6-3-2-5-14(15)19-16-13-7-10-22-17(13)18(16)8-4-9-18/h2-3,5-6,13,16-17,19H,4,7-12H2,1H3/t13-,16-,17-/m1/s1. The van der Waals surface area contributed by atoms with Gasteiger partial charge < -0.3 is 19.5 Å². The molecule has 1 N–H and O–H groups in total. The quantitative estimate of drug-likeness (QED) is 0.820. The van der Waals surface area contributed by atoms with E-state index in [1.54, 1.807) is 7.11 Å². The predicted octanol–water partition coefficient (Wildman–Crippen LogP) is 3.08. The smallest absolute Gasteiger partial charge is 0.142 e. The van der Waals surface area contributed by atoms with Crippen molar-refractivity contribution >= 4 is 5.69 Å². The zero-order valence-electron chi connectivity index (χ0n) is 13.2. The Morgan fingerprint density at radius 1 is 1.27 bits per heavy atom. The Hall–Kier alpha value is -1.26. The summed E-state index contributed by atoms with van der Waals surface area (Å²) in [7, 11) is 1.70. The highest BCUT2D eigenvalue weighted by Gasteiger charge is 2.66. The van der Waals surface area contributed by atoms with E-state index in [1.165, 1.54) is 25.7 Å². The monoisotopic (exact) mass is 303 g/mol. The maximum absolute atomic E-state index is 6.00. The van der Waals surface area contributed by atoms with E-state index in [9.17, 15) is 0 Å². The number of hydrogen-bond donors (Lipinski definition) is 1. The average Bonchev–Trinajstić information content (AvgIpc) is 2.90. The second-order valence-electron chi connectivity index (χ2n) is 6.79. The van der Waals surface area contributed by atoms with E-state index in [1.807, 2.05) is 12.1 Å². The van der Waals surface area contributed by atoms with Gasteiger partial charge in [0.15, 0.2) is 0 Å². The molecule has 0 aromatic heterocycles. The Labute approximate surface area is 132 Å². The summed E-state index contributed by atoms with van der Waals surface area (Å²) in [6, 6.07) is 8.79. The van der Waals surface area contributed by atoms with Gasteiger partial charge in [-0.3, -0.25) is 0 Å². The highest BCUT2D eigenvalue weighted by atomic mass is 16.5. The summed E-state index contributed by atoms with van der Waals surface area (Å²) in [5, 5.41) is 3.79. The van der Waals surface area contributed by atoms with Crippen LogP contribution in [-0.4, -0.2) is 39.1 Å². The number of rotatable bonds is 6. The van der Waals surface area contributed by atoms with Crippen molar-refractivity contribution in [2.24, 2.45) is 11.3 Å². The molecule has 4 nitrogen and oxygen atoms in total. The number of methoxy groups -OCH3 is 1. The van der Waals surface area contributed by atoms with E-state index >= 15 is 0 Å². The van der Waals surface area contributed by atoms with Crippen LogP contribution in [0.25, 0.3) is 0 Å². The predicted molar refractivity (Wildman–Crippen MR) is 85.4 cm³/mol. The first-order valence-electron chi connectivity index (χ1n) is 8.44. The Morgan fingerprint density at radius 3 is 2.91 bits per heavy atom. The van der Waals surface area contributed by atoms with Crippen molar-refractivity contribution in [3.8, 4) is 5.75 Å². The summed E-state index contributed by atoms with van der Waals surface area (Å²) >= 11 is 0. The van der Waals surface area contributed by atoms with Crippen LogP contribution in [0.1, 0.15) is 25.7 Å². The Morgan fingerprint density at radius 2 is 2.14 bits per heavy atom. The fraction of sp³-hybridized carbons (Fsp3) is 0.667. The first-order chi connectivity index (χ1) is 10.8. The minimum absolute atomic E-state index is 0.390. The summed E-state index contributed by atoms with van der Waals surface area (Å²) in [6.45, 7) is 2.13. The number of nitrogens with one attached hydrogen (secondary N) is 1. The average molecular weight is 303 g/mol. The number of anilines is 1. The third kappa shape index (κ3) is 2.12. The van der Waals surface area contributed by atoms with E-state index in [2.05, 4.69) is 17.4 Å². The molecule has 2 saturated carbocycles. The third-order valence-electron chi connectivity index (χ3n) is 5.78. The molecule has 120 valence electrons. The lowest BCUT2D eigenvalue weighted by Gasteiger charge is -2.63. The normalized spacial score (nSPS) is 31.2. The van der Waals surface area contributed by atoms with E-state index in [0.29, 0.717) is 36.7 Å². The Balaban J connectivity index is 1.49. The van der Waals surface area contributed by atoms with Gasteiger partial charge in [-0.1, -0.05) is 18.6 Å². The number of hydrogen-bond acceptors (Lipinski definition) is 4. The lowest BCUT2D eigenvalue weighted by molar-refractivity contribution is -0.158. The third-order valence-corrected chi connectivity index (χ3v) is 5.78. The van der Waals surface area contributed by atoms with Crippen LogP contribution in [0.4, 0.5) is 5.69 Å². The fourth-order valence-electron chi connectivity index (χ4n) is 4.57. The molecule has 0 radical (unpaired) electrons. The Kier molecular flexibility index (Phi) is 3.74. The van der Waals surface area contributed by atoms with Crippen LogP contribution in [0.15, 0.2) is 24.3 Å². The molecule has 3 aliphatic rings.